The first-order valence-corrected chi connectivity index (χ1v) is 10.8. The van der Waals surface area contributed by atoms with Gasteiger partial charge in [-0.3, -0.25) is 9.59 Å². The van der Waals surface area contributed by atoms with Gasteiger partial charge < -0.3 is 0 Å². The van der Waals surface area contributed by atoms with Gasteiger partial charge in [0.25, 0.3) is 0 Å². The van der Waals surface area contributed by atoms with Gasteiger partial charge in [-0.2, -0.15) is 0 Å². The van der Waals surface area contributed by atoms with E-state index in [1.807, 2.05) is 18.2 Å². The number of carbonyl (C=O) groups is 2. The highest BCUT2D eigenvalue weighted by molar-refractivity contribution is 6.76. The fourth-order valence-corrected chi connectivity index (χ4v) is 5.70. The lowest BCUT2D eigenvalue weighted by Crippen LogP contribution is -2.51. The van der Waals surface area contributed by atoms with E-state index in [2.05, 4.69) is 19.6 Å². The predicted octanol–water partition coefficient (Wildman–Crippen LogP) is 3.66. The summed E-state index contributed by atoms with van der Waals surface area (Å²) in [5.74, 6) is 0.820. The zero-order chi connectivity index (χ0) is 13.8. The summed E-state index contributed by atoms with van der Waals surface area (Å²) in [6.45, 7) is 7.01. The lowest BCUT2D eigenvalue weighted by molar-refractivity contribution is 0.0410. The van der Waals surface area contributed by atoms with E-state index in [0.29, 0.717) is 17.0 Å². The second-order valence-electron chi connectivity index (χ2n) is 7.17. The molecule has 3 heteroatoms. The van der Waals surface area contributed by atoms with E-state index in [9.17, 15) is 9.59 Å². The average Bonchev–Trinajstić information content (AvgIpc) is 2.31. The van der Waals surface area contributed by atoms with E-state index in [-0.39, 0.29) is 23.4 Å². The van der Waals surface area contributed by atoms with E-state index >= 15 is 0 Å². The molecule has 2 aliphatic carbocycles. The fourth-order valence-electron chi connectivity index (χ4n) is 3.71. The summed E-state index contributed by atoms with van der Waals surface area (Å²) >= 11 is 0. The van der Waals surface area contributed by atoms with Crippen molar-refractivity contribution in [3.63, 3.8) is 0 Å². The van der Waals surface area contributed by atoms with E-state index in [1.165, 1.54) is 0 Å². The van der Waals surface area contributed by atoms with Crippen molar-refractivity contribution in [2.24, 2.45) is 17.8 Å². The van der Waals surface area contributed by atoms with E-state index in [4.69, 9.17) is 0 Å². The third kappa shape index (κ3) is 2.00. The molecule has 0 N–H and O–H groups in total. The number of Topliss-reactive ketones (excluding diaryl/α,β-unsaturated/α-hetero) is 2. The quantitative estimate of drug-likeness (QED) is 0.770. The maximum Gasteiger partial charge on any atom is 0.167 e. The van der Waals surface area contributed by atoms with Crippen molar-refractivity contribution in [2.75, 3.05) is 0 Å². The Kier molecular flexibility index (Phi) is 2.78. The van der Waals surface area contributed by atoms with Gasteiger partial charge in [-0.05, 0) is 12.3 Å². The highest BCUT2D eigenvalue weighted by Crippen LogP contribution is 2.50. The average molecular weight is 272 g/mol. The number of hydrogen-bond acceptors (Lipinski definition) is 2. The van der Waals surface area contributed by atoms with Crippen molar-refractivity contribution in [3.8, 4) is 0 Å². The Hall–Kier alpha value is -1.22. The number of ketones is 2. The molecule has 19 heavy (non-hydrogen) atoms. The van der Waals surface area contributed by atoms with Crippen LogP contribution >= 0.6 is 0 Å². The van der Waals surface area contributed by atoms with Gasteiger partial charge in [-0.1, -0.05) is 50.0 Å². The molecule has 0 spiro atoms. The molecule has 1 fully saturated rings. The summed E-state index contributed by atoms with van der Waals surface area (Å²) in [6.07, 6.45) is 0.924. The summed E-state index contributed by atoms with van der Waals surface area (Å²) in [6, 6.07) is 8.49. The first kappa shape index (κ1) is 12.8. The smallest absolute Gasteiger partial charge is 0.167 e. The normalized spacial score (nSPS) is 29.5. The molecular formula is C16H20O2Si. The molecule has 1 saturated carbocycles. The van der Waals surface area contributed by atoms with Gasteiger partial charge in [0.2, 0.25) is 0 Å². The molecule has 2 nitrogen and oxygen atoms in total. The zero-order valence-corrected chi connectivity index (χ0v) is 12.8. The fraction of sp³-hybridized carbons (Fsp3) is 0.500. The monoisotopic (exact) mass is 272 g/mol. The van der Waals surface area contributed by atoms with Crippen LogP contribution in [0.4, 0.5) is 0 Å². The van der Waals surface area contributed by atoms with Crippen molar-refractivity contribution in [3.05, 3.63) is 35.4 Å². The minimum absolute atomic E-state index is 0.0193. The third-order valence-corrected chi connectivity index (χ3v) is 6.22. The molecular weight excluding hydrogens is 252 g/mol. The largest absolute Gasteiger partial charge is 0.294 e. The third-order valence-electron chi connectivity index (χ3n) is 4.47. The number of fused-ring (bicyclic) bond motifs is 2. The minimum atomic E-state index is -1.17. The summed E-state index contributed by atoms with van der Waals surface area (Å²) < 4.78 is 0. The zero-order valence-electron chi connectivity index (χ0n) is 11.8. The number of benzene rings is 1. The van der Waals surface area contributed by atoms with E-state index in [0.717, 1.165) is 12.5 Å². The van der Waals surface area contributed by atoms with Crippen LogP contribution in [0.3, 0.4) is 0 Å². The molecule has 0 bridgehead atoms. The molecule has 3 rings (SSSR count). The SMILES string of the molecule is C[Si](C)(C)C[C@@H]1C[C@H]2C(=O)c3ccccc3C(=O)[C@@H]12. The van der Waals surface area contributed by atoms with E-state index in [1.54, 1.807) is 6.07 Å². The predicted molar refractivity (Wildman–Crippen MR) is 78.3 cm³/mol. The van der Waals surface area contributed by atoms with Crippen molar-refractivity contribution in [1.82, 2.24) is 0 Å². The molecule has 2 aliphatic rings. The van der Waals surface area contributed by atoms with Gasteiger partial charge in [0.1, 0.15) is 0 Å². The Labute approximate surface area is 115 Å². The Morgan fingerprint density at radius 3 is 2.21 bits per heavy atom. The minimum Gasteiger partial charge on any atom is -0.294 e. The number of hydrogen-bond donors (Lipinski definition) is 0. The topological polar surface area (TPSA) is 34.1 Å². The summed E-state index contributed by atoms with van der Waals surface area (Å²) in [7, 11) is -1.17. The maximum absolute atomic E-state index is 12.6. The lowest BCUT2D eigenvalue weighted by atomic mass is 9.57. The van der Waals surface area contributed by atoms with Gasteiger partial charge in [-0.25, -0.2) is 0 Å². The number of carbonyl (C=O) groups excluding carboxylic acids is 2. The van der Waals surface area contributed by atoms with Gasteiger partial charge in [0, 0.05) is 31.0 Å². The van der Waals surface area contributed by atoms with Crippen molar-refractivity contribution in [1.29, 1.82) is 0 Å². The van der Waals surface area contributed by atoms with Crippen molar-refractivity contribution in [2.45, 2.75) is 32.1 Å². The maximum atomic E-state index is 12.6. The van der Waals surface area contributed by atoms with Crippen LogP contribution < -0.4 is 0 Å². The van der Waals surface area contributed by atoms with Crippen LogP contribution in [0.25, 0.3) is 0 Å². The second-order valence-corrected chi connectivity index (χ2v) is 12.7. The van der Waals surface area contributed by atoms with Crippen LogP contribution in [0.15, 0.2) is 24.3 Å². The van der Waals surface area contributed by atoms with Crippen LogP contribution in [-0.2, 0) is 0 Å². The molecule has 0 saturated heterocycles. The molecule has 0 aliphatic heterocycles. The van der Waals surface area contributed by atoms with Crippen LogP contribution in [0.1, 0.15) is 27.1 Å². The number of rotatable bonds is 2. The Morgan fingerprint density at radius 2 is 1.63 bits per heavy atom. The molecule has 0 unspecified atom stereocenters. The molecule has 0 heterocycles. The Morgan fingerprint density at radius 1 is 1.05 bits per heavy atom. The van der Waals surface area contributed by atoms with Gasteiger partial charge >= 0.3 is 0 Å². The van der Waals surface area contributed by atoms with Crippen LogP contribution in [-0.4, -0.2) is 19.6 Å². The summed E-state index contributed by atoms with van der Waals surface area (Å²) in [4.78, 5) is 25.0. The van der Waals surface area contributed by atoms with Gasteiger partial charge in [-0.15, -0.1) is 0 Å². The molecule has 0 aromatic heterocycles. The molecule has 1 aromatic rings. The van der Waals surface area contributed by atoms with Crippen LogP contribution in [0, 0.1) is 17.8 Å². The van der Waals surface area contributed by atoms with Crippen molar-refractivity contribution < 1.29 is 9.59 Å². The molecule has 1 aromatic carbocycles. The van der Waals surface area contributed by atoms with Crippen molar-refractivity contribution >= 4 is 19.6 Å². The summed E-state index contributed by atoms with van der Waals surface area (Å²) in [5, 5.41) is 0. The highest BCUT2D eigenvalue weighted by Gasteiger charge is 2.53. The Balaban J connectivity index is 1.92. The van der Waals surface area contributed by atoms with E-state index < -0.39 is 8.07 Å². The first-order valence-electron chi connectivity index (χ1n) is 7.06. The van der Waals surface area contributed by atoms with Crippen LogP contribution in [0.2, 0.25) is 25.7 Å². The van der Waals surface area contributed by atoms with Gasteiger partial charge in [0.15, 0.2) is 11.6 Å². The molecule has 3 atom stereocenters. The molecule has 0 amide bonds. The standard InChI is InChI=1S/C16H20O2Si/c1-19(2,3)9-10-8-13-14(10)16(18)12-7-5-4-6-11(12)15(13)17/h4-7,10,13-14H,8-9H2,1-3H3/t10-,13+,14-/m0/s1. The summed E-state index contributed by atoms with van der Waals surface area (Å²) in [5.41, 5.74) is 1.31. The lowest BCUT2D eigenvalue weighted by Gasteiger charge is -2.47. The molecule has 100 valence electrons. The highest BCUT2D eigenvalue weighted by atomic mass is 28.3. The van der Waals surface area contributed by atoms with Crippen LogP contribution in [0.5, 0.6) is 0 Å². The Bertz CT molecular complexity index is 556. The first-order chi connectivity index (χ1) is 8.88. The van der Waals surface area contributed by atoms with Gasteiger partial charge in [0.05, 0.1) is 0 Å². The second kappa shape index (κ2) is 4.14. The molecule has 0 radical (unpaired) electrons.